The fourth-order valence-corrected chi connectivity index (χ4v) is 2.99. The van der Waals surface area contributed by atoms with E-state index in [9.17, 15) is 4.79 Å². The Morgan fingerprint density at radius 1 is 1.41 bits per heavy atom. The van der Waals surface area contributed by atoms with Crippen LogP contribution in [0, 0.1) is 6.92 Å². The maximum absolute atomic E-state index is 12.2. The molecular weight excluding hydrogens is 304 g/mol. The van der Waals surface area contributed by atoms with Crippen molar-refractivity contribution in [3.63, 3.8) is 0 Å². The number of hydrogen-bond donors (Lipinski definition) is 0. The smallest absolute Gasteiger partial charge is 0.267 e. The molecule has 0 N–H and O–H groups in total. The van der Waals surface area contributed by atoms with Gasteiger partial charge in [-0.15, -0.1) is 5.10 Å². The average Bonchev–Trinajstić information content (AvgIpc) is 2.76. The zero-order chi connectivity index (χ0) is 12.3. The van der Waals surface area contributed by atoms with Crippen LogP contribution in [0.25, 0.3) is 0 Å². The lowest BCUT2D eigenvalue weighted by Crippen LogP contribution is -2.49. The molecule has 1 fully saturated rings. The topological polar surface area (TPSA) is 49.3 Å². The minimum Gasteiger partial charge on any atom is -0.335 e. The molecule has 2 rings (SSSR count). The highest BCUT2D eigenvalue weighted by molar-refractivity contribution is 9.09. The number of amides is 1. The van der Waals surface area contributed by atoms with Crippen LogP contribution in [-0.2, 0) is 0 Å². The lowest BCUT2D eigenvalue weighted by Gasteiger charge is -2.34. The third kappa shape index (κ3) is 3.02. The van der Waals surface area contributed by atoms with E-state index >= 15 is 0 Å². The van der Waals surface area contributed by atoms with Crippen molar-refractivity contribution >= 4 is 33.4 Å². The summed E-state index contributed by atoms with van der Waals surface area (Å²) in [6, 6.07) is 0. The second-order valence-corrected chi connectivity index (χ2v) is 5.56. The molecule has 1 aliphatic heterocycles. The molecule has 0 radical (unpaired) electrons. The van der Waals surface area contributed by atoms with E-state index in [0.717, 1.165) is 43.7 Å². The third-order valence-electron chi connectivity index (χ3n) is 2.91. The van der Waals surface area contributed by atoms with Crippen LogP contribution in [0.2, 0.25) is 0 Å². The number of halogens is 1. The summed E-state index contributed by atoms with van der Waals surface area (Å²) >= 11 is 4.62. The van der Waals surface area contributed by atoms with Crippen molar-refractivity contribution in [1.29, 1.82) is 0 Å². The third-order valence-corrected chi connectivity index (χ3v) is 4.08. The first-order valence-corrected chi connectivity index (χ1v) is 7.48. The van der Waals surface area contributed by atoms with Gasteiger partial charge in [-0.25, -0.2) is 0 Å². The summed E-state index contributed by atoms with van der Waals surface area (Å²) in [4.78, 5) is 17.1. The summed E-state index contributed by atoms with van der Waals surface area (Å²) < 4.78 is 3.81. The number of carbonyl (C=O) groups excluding carboxylic acids is 1. The van der Waals surface area contributed by atoms with E-state index in [1.807, 2.05) is 11.8 Å². The Bertz CT molecular complexity index is 389. The van der Waals surface area contributed by atoms with Crippen LogP contribution in [0.5, 0.6) is 0 Å². The van der Waals surface area contributed by atoms with Crippen LogP contribution >= 0.6 is 27.5 Å². The number of aryl methyl sites for hydroxylation is 1. The molecule has 1 aromatic heterocycles. The van der Waals surface area contributed by atoms with Gasteiger partial charge in [0.05, 0.1) is 5.69 Å². The summed E-state index contributed by atoms with van der Waals surface area (Å²) in [7, 11) is 0. The molecule has 0 aromatic carbocycles. The normalized spacial score (nSPS) is 17.4. The van der Waals surface area contributed by atoms with Crippen LogP contribution in [0.1, 0.15) is 15.4 Å². The second kappa shape index (κ2) is 5.88. The molecule has 0 unspecified atom stereocenters. The standard InChI is InChI=1S/C10H15BrN4OS/c1-8-9(17-13-12-8)10(16)15-6-4-14(3-2-11)5-7-15/h2-7H2,1H3. The van der Waals surface area contributed by atoms with Gasteiger partial charge in [0, 0.05) is 38.1 Å². The Kier molecular flexibility index (Phi) is 4.47. The molecule has 0 spiro atoms. The van der Waals surface area contributed by atoms with E-state index in [1.54, 1.807) is 0 Å². The highest BCUT2D eigenvalue weighted by Gasteiger charge is 2.24. The number of aromatic nitrogens is 2. The second-order valence-electron chi connectivity index (χ2n) is 4.01. The monoisotopic (exact) mass is 318 g/mol. The quantitative estimate of drug-likeness (QED) is 0.780. The fraction of sp³-hybridized carbons (Fsp3) is 0.700. The molecular formula is C10H15BrN4OS. The molecule has 1 saturated heterocycles. The highest BCUT2D eigenvalue weighted by Crippen LogP contribution is 2.14. The number of piperazine rings is 1. The Labute approximate surface area is 113 Å². The predicted molar refractivity (Wildman–Crippen MR) is 70.8 cm³/mol. The first-order valence-electron chi connectivity index (χ1n) is 5.59. The van der Waals surface area contributed by atoms with Crippen molar-refractivity contribution in [2.45, 2.75) is 6.92 Å². The molecule has 0 atom stereocenters. The fourth-order valence-electron chi connectivity index (χ4n) is 1.87. The van der Waals surface area contributed by atoms with E-state index in [-0.39, 0.29) is 5.91 Å². The predicted octanol–water partition coefficient (Wildman–Crippen LogP) is 0.999. The van der Waals surface area contributed by atoms with Crippen LogP contribution in [-0.4, -0.2) is 63.3 Å². The van der Waals surface area contributed by atoms with E-state index in [2.05, 4.69) is 30.4 Å². The molecule has 0 bridgehead atoms. The molecule has 94 valence electrons. The van der Waals surface area contributed by atoms with Gasteiger partial charge in [-0.3, -0.25) is 9.69 Å². The first kappa shape index (κ1) is 12.9. The first-order chi connectivity index (χ1) is 8.22. The van der Waals surface area contributed by atoms with E-state index in [4.69, 9.17) is 0 Å². The maximum Gasteiger partial charge on any atom is 0.267 e. The zero-order valence-corrected chi connectivity index (χ0v) is 12.1. The van der Waals surface area contributed by atoms with Crippen molar-refractivity contribution in [2.75, 3.05) is 38.1 Å². The van der Waals surface area contributed by atoms with Gasteiger partial charge in [0.25, 0.3) is 5.91 Å². The number of alkyl halides is 1. The van der Waals surface area contributed by atoms with Gasteiger partial charge in [-0.2, -0.15) is 0 Å². The van der Waals surface area contributed by atoms with Gasteiger partial charge in [0.2, 0.25) is 0 Å². The minimum absolute atomic E-state index is 0.0796. The van der Waals surface area contributed by atoms with Gasteiger partial charge < -0.3 is 4.90 Å². The van der Waals surface area contributed by atoms with Crippen molar-refractivity contribution in [3.8, 4) is 0 Å². The summed E-state index contributed by atoms with van der Waals surface area (Å²) in [5, 5.41) is 4.87. The Balaban J connectivity index is 1.93. The van der Waals surface area contributed by atoms with Gasteiger partial charge in [0.1, 0.15) is 4.88 Å². The number of rotatable bonds is 3. The maximum atomic E-state index is 12.2. The Hall–Kier alpha value is -0.530. The van der Waals surface area contributed by atoms with Crippen LogP contribution in [0.3, 0.4) is 0 Å². The van der Waals surface area contributed by atoms with Gasteiger partial charge in [-0.1, -0.05) is 20.4 Å². The van der Waals surface area contributed by atoms with Crippen LogP contribution < -0.4 is 0 Å². The van der Waals surface area contributed by atoms with E-state index < -0.39 is 0 Å². The summed E-state index contributed by atoms with van der Waals surface area (Å²) in [5.41, 5.74) is 0.739. The van der Waals surface area contributed by atoms with Gasteiger partial charge >= 0.3 is 0 Å². The Morgan fingerprint density at radius 2 is 2.12 bits per heavy atom. The molecule has 2 heterocycles. The van der Waals surface area contributed by atoms with Crippen LogP contribution in [0.4, 0.5) is 0 Å². The molecule has 7 heteroatoms. The van der Waals surface area contributed by atoms with E-state index in [1.165, 1.54) is 11.5 Å². The summed E-state index contributed by atoms with van der Waals surface area (Å²) in [6.07, 6.45) is 0. The van der Waals surface area contributed by atoms with Gasteiger partial charge in [-0.05, 0) is 18.5 Å². The Morgan fingerprint density at radius 3 is 2.65 bits per heavy atom. The summed E-state index contributed by atoms with van der Waals surface area (Å²) in [5.74, 6) is 0.0796. The number of hydrogen-bond acceptors (Lipinski definition) is 5. The van der Waals surface area contributed by atoms with Crippen LogP contribution in [0.15, 0.2) is 0 Å². The van der Waals surface area contributed by atoms with Crippen molar-refractivity contribution in [1.82, 2.24) is 19.4 Å². The average molecular weight is 319 g/mol. The molecule has 1 aliphatic rings. The molecule has 5 nitrogen and oxygen atoms in total. The number of carbonyl (C=O) groups is 1. The SMILES string of the molecule is Cc1nnsc1C(=O)N1CCN(CCBr)CC1. The zero-order valence-electron chi connectivity index (χ0n) is 9.73. The molecule has 1 amide bonds. The highest BCUT2D eigenvalue weighted by atomic mass is 79.9. The van der Waals surface area contributed by atoms with Gasteiger partial charge in [0.15, 0.2) is 0 Å². The minimum atomic E-state index is 0.0796. The van der Waals surface area contributed by atoms with Crippen molar-refractivity contribution in [2.24, 2.45) is 0 Å². The lowest BCUT2D eigenvalue weighted by atomic mass is 10.3. The van der Waals surface area contributed by atoms with Crippen molar-refractivity contribution in [3.05, 3.63) is 10.6 Å². The largest absolute Gasteiger partial charge is 0.335 e. The lowest BCUT2D eigenvalue weighted by molar-refractivity contribution is 0.0649. The molecule has 0 saturated carbocycles. The van der Waals surface area contributed by atoms with Crippen molar-refractivity contribution < 1.29 is 4.79 Å². The molecule has 1 aromatic rings. The molecule has 17 heavy (non-hydrogen) atoms. The molecule has 0 aliphatic carbocycles. The van der Waals surface area contributed by atoms with E-state index in [0.29, 0.717) is 4.88 Å². The summed E-state index contributed by atoms with van der Waals surface area (Å²) in [6.45, 7) is 6.36. The number of nitrogens with zero attached hydrogens (tertiary/aromatic N) is 4.